The van der Waals surface area contributed by atoms with Crippen molar-refractivity contribution in [2.75, 3.05) is 0 Å². The number of pyridine rings is 1. The van der Waals surface area contributed by atoms with E-state index < -0.39 is 0 Å². The van der Waals surface area contributed by atoms with Crippen molar-refractivity contribution >= 4 is 11.6 Å². The summed E-state index contributed by atoms with van der Waals surface area (Å²) in [5.74, 6) is 0. The number of hydrogen-bond donors (Lipinski definition) is 0. The normalized spacial score (nSPS) is 28.9. The van der Waals surface area contributed by atoms with Crippen LogP contribution in [0.5, 0.6) is 0 Å². The molecule has 0 radical (unpaired) electrons. The lowest BCUT2D eigenvalue weighted by Gasteiger charge is -2.39. The molecule has 5 heteroatoms. The Balaban J connectivity index is 1.49. The molecule has 0 saturated carbocycles. The van der Waals surface area contributed by atoms with Gasteiger partial charge in [-0.05, 0) is 43.4 Å². The van der Waals surface area contributed by atoms with Crippen molar-refractivity contribution in [3.8, 4) is 0 Å². The minimum Gasteiger partial charge on any atom is -0.293 e. The highest BCUT2D eigenvalue weighted by molar-refractivity contribution is 6.30. The van der Waals surface area contributed by atoms with Crippen LogP contribution in [0.25, 0.3) is 0 Å². The van der Waals surface area contributed by atoms with Gasteiger partial charge >= 0.3 is 0 Å². The summed E-state index contributed by atoms with van der Waals surface area (Å²) in [7, 11) is 0. The molecule has 2 saturated heterocycles. The van der Waals surface area contributed by atoms with E-state index in [1.165, 1.54) is 31.2 Å². The molecule has 2 fully saturated rings. The quantitative estimate of drug-likeness (QED) is 0.872. The predicted molar refractivity (Wildman–Crippen MR) is 82.1 cm³/mol. The third-order valence-electron chi connectivity index (χ3n) is 4.92. The van der Waals surface area contributed by atoms with Crippen LogP contribution >= 0.6 is 11.6 Å². The van der Waals surface area contributed by atoms with Gasteiger partial charge in [0.1, 0.15) is 0 Å². The lowest BCUT2D eigenvalue weighted by Crippen LogP contribution is -2.42. The molecule has 2 aromatic heterocycles. The van der Waals surface area contributed by atoms with Crippen LogP contribution in [0, 0.1) is 0 Å². The molecule has 0 aromatic carbocycles. The molecule has 4 heterocycles. The highest BCUT2D eigenvalue weighted by Gasteiger charge is 2.41. The van der Waals surface area contributed by atoms with Crippen LogP contribution in [0.3, 0.4) is 0 Å². The van der Waals surface area contributed by atoms with E-state index in [2.05, 4.69) is 31.8 Å². The van der Waals surface area contributed by atoms with Crippen LogP contribution in [0.2, 0.25) is 5.02 Å². The van der Waals surface area contributed by atoms with Gasteiger partial charge in [-0.1, -0.05) is 11.6 Å². The van der Waals surface area contributed by atoms with Gasteiger partial charge in [-0.2, -0.15) is 5.10 Å². The Kier molecular flexibility index (Phi) is 3.43. The number of hydrogen-bond acceptors (Lipinski definition) is 3. The Morgan fingerprint density at radius 1 is 1.10 bits per heavy atom. The fourth-order valence-corrected chi connectivity index (χ4v) is 4.08. The first-order valence-electron chi connectivity index (χ1n) is 7.64. The second-order valence-corrected chi connectivity index (χ2v) is 6.61. The molecular formula is C16H19ClN4. The largest absolute Gasteiger partial charge is 0.293 e. The second-order valence-electron chi connectivity index (χ2n) is 6.18. The van der Waals surface area contributed by atoms with Crippen molar-refractivity contribution in [1.29, 1.82) is 0 Å². The fourth-order valence-electron chi connectivity index (χ4n) is 3.93. The van der Waals surface area contributed by atoms with E-state index >= 15 is 0 Å². The molecule has 0 aliphatic carbocycles. The summed E-state index contributed by atoms with van der Waals surface area (Å²) in [4.78, 5) is 6.78. The average Bonchev–Trinajstić information content (AvgIpc) is 3.01. The van der Waals surface area contributed by atoms with Gasteiger partial charge in [-0.15, -0.1) is 0 Å². The summed E-state index contributed by atoms with van der Waals surface area (Å²) in [5.41, 5.74) is 1.36. The third kappa shape index (κ3) is 2.58. The summed E-state index contributed by atoms with van der Waals surface area (Å²) in [6.07, 6.45) is 12.4. The number of piperidine rings is 1. The van der Waals surface area contributed by atoms with E-state index in [0.29, 0.717) is 18.1 Å². The van der Waals surface area contributed by atoms with Gasteiger partial charge in [0.05, 0.1) is 17.3 Å². The van der Waals surface area contributed by atoms with Gasteiger partial charge in [-0.3, -0.25) is 14.6 Å². The van der Waals surface area contributed by atoms with Crippen LogP contribution in [-0.2, 0) is 6.54 Å². The molecule has 21 heavy (non-hydrogen) atoms. The first-order valence-corrected chi connectivity index (χ1v) is 8.01. The van der Waals surface area contributed by atoms with Crippen molar-refractivity contribution in [2.24, 2.45) is 0 Å². The van der Waals surface area contributed by atoms with Crippen LogP contribution in [0.4, 0.5) is 0 Å². The van der Waals surface area contributed by atoms with E-state index in [-0.39, 0.29) is 0 Å². The summed E-state index contributed by atoms with van der Waals surface area (Å²) >= 11 is 6.00. The maximum Gasteiger partial charge on any atom is 0.0785 e. The van der Waals surface area contributed by atoms with E-state index in [1.54, 1.807) is 6.20 Å². The zero-order chi connectivity index (χ0) is 14.2. The zero-order valence-corrected chi connectivity index (χ0v) is 12.7. The lowest BCUT2D eigenvalue weighted by atomic mass is 9.97. The maximum absolute atomic E-state index is 6.00. The van der Waals surface area contributed by atoms with Crippen LogP contribution in [0.15, 0.2) is 36.9 Å². The van der Waals surface area contributed by atoms with Crippen LogP contribution in [-0.4, -0.2) is 31.7 Å². The molecular weight excluding hydrogens is 284 g/mol. The van der Waals surface area contributed by atoms with Gasteiger partial charge in [0.2, 0.25) is 0 Å². The second kappa shape index (κ2) is 5.43. The summed E-state index contributed by atoms with van der Waals surface area (Å²) in [5, 5.41) is 5.14. The van der Waals surface area contributed by atoms with Crippen LogP contribution < -0.4 is 0 Å². The lowest BCUT2D eigenvalue weighted by molar-refractivity contribution is 0.0951. The molecule has 2 aliphatic heterocycles. The van der Waals surface area contributed by atoms with E-state index in [0.717, 1.165) is 11.6 Å². The molecule has 2 aliphatic rings. The number of fused-ring (bicyclic) bond motifs is 2. The number of halogens is 1. The minimum absolute atomic E-state index is 0.503. The molecule has 2 atom stereocenters. The molecule has 2 unspecified atom stereocenters. The Bertz CT molecular complexity index is 598. The van der Waals surface area contributed by atoms with Gasteiger partial charge in [0.15, 0.2) is 0 Å². The molecule has 0 amide bonds. The Labute approximate surface area is 129 Å². The number of rotatable bonds is 3. The van der Waals surface area contributed by atoms with Gasteiger partial charge in [0, 0.05) is 37.2 Å². The van der Waals surface area contributed by atoms with Gasteiger partial charge in [0.25, 0.3) is 0 Å². The molecule has 0 N–H and O–H groups in total. The van der Waals surface area contributed by atoms with Gasteiger partial charge < -0.3 is 0 Å². The summed E-state index contributed by atoms with van der Waals surface area (Å²) < 4.78 is 2.07. The standard InChI is InChI=1S/C16H19ClN4/c17-13-9-19-21(11-13)16-7-14-1-2-15(8-16)20(14)10-12-3-5-18-6-4-12/h3-6,9,11,14-16H,1-2,7-8,10H2. The Morgan fingerprint density at radius 2 is 1.81 bits per heavy atom. The molecule has 4 nitrogen and oxygen atoms in total. The highest BCUT2D eigenvalue weighted by atomic mass is 35.5. The maximum atomic E-state index is 6.00. The fraction of sp³-hybridized carbons (Fsp3) is 0.500. The van der Waals surface area contributed by atoms with Crippen molar-refractivity contribution < 1.29 is 0 Å². The van der Waals surface area contributed by atoms with Crippen molar-refractivity contribution in [3.63, 3.8) is 0 Å². The van der Waals surface area contributed by atoms with Crippen molar-refractivity contribution in [2.45, 2.75) is 50.4 Å². The van der Waals surface area contributed by atoms with Crippen LogP contribution in [0.1, 0.15) is 37.3 Å². The highest BCUT2D eigenvalue weighted by Crippen LogP contribution is 2.41. The zero-order valence-electron chi connectivity index (χ0n) is 11.9. The smallest absolute Gasteiger partial charge is 0.0785 e. The minimum atomic E-state index is 0.503. The van der Waals surface area contributed by atoms with Crippen molar-refractivity contribution in [1.82, 2.24) is 19.7 Å². The first-order chi connectivity index (χ1) is 10.3. The molecule has 4 rings (SSSR count). The monoisotopic (exact) mass is 302 g/mol. The van der Waals surface area contributed by atoms with E-state index in [4.69, 9.17) is 11.6 Å². The summed E-state index contributed by atoms with van der Waals surface area (Å²) in [6.45, 7) is 1.05. The number of nitrogens with zero attached hydrogens (tertiary/aromatic N) is 4. The predicted octanol–water partition coefficient (Wildman–Crippen LogP) is 3.30. The first kappa shape index (κ1) is 13.3. The summed E-state index contributed by atoms with van der Waals surface area (Å²) in [6, 6.07) is 6.09. The van der Waals surface area contributed by atoms with Crippen molar-refractivity contribution in [3.05, 3.63) is 47.5 Å². The Hall–Kier alpha value is -1.39. The molecule has 2 bridgehead atoms. The SMILES string of the molecule is Clc1cnn(C2CC3CCC(C2)N3Cc2ccncc2)c1. The Morgan fingerprint density at radius 3 is 2.43 bits per heavy atom. The molecule has 2 aromatic rings. The number of aromatic nitrogens is 3. The van der Waals surface area contributed by atoms with Gasteiger partial charge in [-0.25, -0.2) is 0 Å². The molecule has 110 valence electrons. The molecule has 0 spiro atoms. The van der Waals surface area contributed by atoms with E-state index in [1.807, 2.05) is 18.6 Å². The topological polar surface area (TPSA) is 34.0 Å². The van der Waals surface area contributed by atoms with E-state index in [9.17, 15) is 0 Å². The third-order valence-corrected chi connectivity index (χ3v) is 5.11. The average molecular weight is 303 g/mol.